The van der Waals surface area contributed by atoms with Crippen molar-refractivity contribution in [2.45, 2.75) is 27.7 Å². The van der Waals surface area contributed by atoms with Crippen LogP contribution in [0.3, 0.4) is 0 Å². The molecule has 0 fully saturated rings. The van der Waals surface area contributed by atoms with Crippen molar-refractivity contribution < 1.29 is 0 Å². The normalized spacial score (nSPS) is 19.2. The molecular formula is C12H21P. The number of allylic oxidation sites excluding steroid dienone is 4. The summed E-state index contributed by atoms with van der Waals surface area (Å²) in [5, 5.41) is 1.66. The van der Waals surface area contributed by atoms with Gasteiger partial charge in [0, 0.05) is 0 Å². The topological polar surface area (TPSA) is 0 Å². The van der Waals surface area contributed by atoms with Crippen LogP contribution in [0.2, 0.25) is 0 Å². The van der Waals surface area contributed by atoms with Crippen LogP contribution in [0.5, 0.6) is 0 Å². The fourth-order valence-corrected chi connectivity index (χ4v) is 4.55. The zero-order valence-electron chi connectivity index (χ0n) is 9.95. The minimum Gasteiger partial charge on any atom is -0.106 e. The predicted octanol–water partition coefficient (Wildman–Crippen LogP) is 3.75. The average molecular weight is 196 g/mol. The molecule has 0 aromatic heterocycles. The molecule has 0 spiro atoms. The molecule has 0 aromatic carbocycles. The first kappa shape index (κ1) is 10.9. The molecule has 74 valence electrons. The van der Waals surface area contributed by atoms with Crippen LogP contribution >= 0.6 is 6.89 Å². The predicted molar refractivity (Wildman–Crippen MR) is 66.4 cm³/mol. The van der Waals surface area contributed by atoms with Crippen molar-refractivity contribution in [3.8, 4) is 0 Å². The summed E-state index contributed by atoms with van der Waals surface area (Å²) in [6.45, 7) is 15.4. The van der Waals surface area contributed by atoms with E-state index < -0.39 is 6.89 Å². The van der Waals surface area contributed by atoms with Gasteiger partial charge in [-0.25, -0.2) is 0 Å². The second-order valence-corrected chi connectivity index (χ2v) is 9.33. The smallest absolute Gasteiger partial charge is 0.0225 e. The lowest BCUT2D eigenvalue weighted by molar-refractivity contribution is 1.31. The van der Waals surface area contributed by atoms with Crippen molar-refractivity contribution in [2.24, 2.45) is 0 Å². The number of hydrogen-bond donors (Lipinski definition) is 0. The van der Waals surface area contributed by atoms with Gasteiger partial charge in [-0.05, 0) is 75.3 Å². The van der Waals surface area contributed by atoms with E-state index in [4.69, 9.17) is 0 Å². The Bertz CT molecular complexity index is 324. The van der Waals surface area contributed by atoms with Crippen molar-refractivity contribution >= 4 is 12.2 Å². The van der Waals surface area contributed by atoms with Gasteiger partial charge in [-0.15, -0.1) is 6.89 Å². The Hall–Kier alpha value is -0.220. The molecule has 0 heterocycles. The highest BCUT2D eigenvalue weighted by Gasteiger charge is 2.21. The Morgan fingerprint density at radius 2 is 0.923 bits per heavy atom. The molecule has 0 aromatic rings. The summed E-state index contributed by atoms with van der Waals surface area (Å²) >= 11 is 0. The molecule has 0 nitrogen and oxygen atoms in total. The Balaban J connectivity index is 3.52. The molecule has 0 N–H and O–H groups in total. The zero-order valence-corrected chi connectivity index (χ0v) is 10.8. The molecule has 1 aliphatic carbocycles. The molecule has 0 unspecified atom stereocenters. The highest BCUT2D eigenvalue weighted by molar-refractivity contribution is 7.75. The van der Waals surface area contributed by atoms with Crippen molar-refractivity contribution in [3.63, 3.8) is 0 Å². The highest BCUT2D eigenvalue weighted by atomic mass is 31.2. The van der Waals surface area contributed by atoms with Gasteiger partial charge in [0.2, 0.25) is 0 Å². The van der Waals surface area contributed by atoms with Crippen molar-refractivity contribution in [1.29, 1.82) is 0 Å². The summed E-state index contributed by atoms with van der Waals surface area (Å²) in [6.07, 6.45) is 0. The molecule has 0 atom stereocenters. The highest BCUT2D eigenvalue weighted by Crippen LogP contribution is 2.45. The standard InChI is InChI=1S/C12H21P/c1-8-9(2)11(4)12(10(8)3)13(5,6)7/h1-7H3. The van der Waals surface area contributed by atoms with E-state index in [-0.39, 0.29) is 0 Å². The lowest BCUT2D eigenvalue weighted by Crippen LogP contribution is -2.01. The van der Waals surface area contributed by atoms with Crippen LogP contribution in [0.4, 0.5) is 0 Å². The molecular weight excluding hydrogens is 175 g/mol. The molecule has 13 heavy (non-hydrogen) atoms. The number of rotatable bonds is 0. The first-order chi connectivity index (χ1) is 5.76. The molecule has 1 aliphatic rings. The minimum atomic E-state index is -0.849. The van der Waals surface area contributed by atoms with E-state index in [1.165, 1.54) is 22.3 Å². The quantitative estimate of drug-likeness (QED) is 0.517. The average Bonchev–Trinajstić information content (AvgIpc) is 2.14. The van der Waals surface area contributed by atoms with Gasteiger partial charge in [0.1, 0.15) is 0 Å². The molecule has 0 aliphatic heterocycles. The third-order valence-corrected chi connectivity index (χ3v) is 5.08. The maximum Gasteiger partial charge on any atom is -0.0225 e. The minimum absolute atomic E-state index is 0.849. The Kier molecular flexibility index (Phi) is 2.65. The van der Waals surface area contributed by atoms with E-state index in [0.717, 1.165) is 0 Å². The zero-order chi connectivity index (χ0) is 10.4. The largest absolute Gasteiger partial charge is 0.106 e. The molecule has 0 saturated heterocycles. The van der Waals surface area contributed by atoms with Gasteiger partial charge in [-0.3, -0.25) is 0 Å². The maximum absolute atomic E-state index is 2.40. The van der Waals surface area contributed by atoms with E-state index in [0.29, 0.717) is 0 Å². The van der Waals surface area contributed by atoms with E-state index in [9.17, 15) is 0 Å². The monoisotopic (exact) mass is 196 g/mol. The third kappa shape index (κ3) is 1.70. The Morgan fingerprint density at radius 1 is 0.615 bits per heavy atom. The van der Waals surface area contributed by atoms with Crippen LogP contribution in [0.15, 0.2) is 22.3 Å². The maximum atomic E-state index is 2.40. The summed E-state index contributed by atoms with van der Waals surface area (Å²) in [7, 11) is 0. The third-order valence-electron chi connectivity index (χ3n) is 3.07. The van der Waals surface area contributed by atoms with Gasteiger partial charge in [0.05, 0.1) is 0 Å². The van der Waals surface area contributed by atoms with Crippen LogP contribution in [-0.4, -0.2) is 25.3 Å². The van der Waals surface area contributed by atoms with Crippen LogP contribution in [0.1, 0.15) is 27.7 Å². The lowest BCUT2D eigenvalue weighted by atomic mass is 10.1. The second-order valence-electron chi connectivity index (χ2n) is 4.86. The lowest BCUT2D eigenvalue weighted by Gasteiger charge is -2.16. The molecule has 0 bridgehead atoms. The van der Waals surface area contributed by atoms with Crippen LogP contribution in [0.25, 0.3) is 0 Å². The van der Waals surface area contributed by atoms with E-state index in [1.807, 2.05) is 0 Å². The van der Waals surface area contributed by atoms with Gasteiger partial charge < -0.3 is 0 Å². The van der Waals surface area contributed by atoms with Gasteiger partial charge in [0.25, 0.3) is 0 Å². The summed E-state index contributed by atoms with van der Waals surface area (Å²) < 4.78 is 0. The fraction of sp³-hybridized carbons (Fsp3) is 0.583. The Morgan fingerprint density at radius 3 is 1.08 bits per heavy atom. The first-order valence-corrected chi connectivity index (χ1v) is 7.95. The van der Waals surface area contributed by atoms with E-state index in [2.05, 4.69) is 47.7 Å². The second kappa shape index (κ2) is 3.17. The van der Waals surface area contributed by atoms with Crippen LogP contribution in [-0.2, 0) is 0 Å². The van der Waals surface area contributed by atoms with Gasteiger partial charge in [-0.2, -0.15) is 0 Å². The molecule has 0 amide bonds. The van der Waals surface area contributed by atoms with Crippen molar-refractivity contribution in [2.75, 3.05) is 20.0 Å². The summed E-state index contributed by atoms with van der Waals surface area (Å²) in [4.78, 5) is 0. The van der Waals surface area contributed by atoms with Crippen LogP contribution < -0.4 is 0 Å². The molecule has 0 saturated carbocycles. The van der Waals surface area contributed by atoms with Gasteiger partial charge >= 0.3 is 0 Å². The van der Waals surface area contributed by atoms with Crippen molar-refractivity contribution in [1.82, 2.24) is 0 Å². The molecule has 0 radical (unpaired) electrons. The van der Waals surface area contributed by atoms with E-state index >= 15 is 0 Å². The molecule has 1 heteroatoms. The first-order valence-electron chi connectivity index (χ1n) is 4.82. The van der Waals surface area contributed by atoms with Crippen molar-refractivity contribution in [3.05, 3.63) is 22.3 Å². The number of hydrogen-bond acceptors (Lipinski definition) is 0. The Labute approximate surface area is 82.7 Å². The van der Waals surface area contributed by atoms with Gasteiger partial charge in [-0.1, -0.05) is 0 Å². The van der Waals surface area contributed by atoms with E-state index in [1.54, 1.807) is 5.29 Å². The summed E-state index contributed by atoms with van der Waals surface area (Å²) in [5.74, 6) is 0. The van der Waals surface area contributed by atoms with Crippen LogP contribution in [0, 0.1) is 0 Å². The summed E-state index contributed by atoms with van der Waals surface area (Å²) in [6, 6.07) is 0. The SMILES string of the molecule is CC1=C(C)C(=P(C)(C)C)C(C)=C1C. The molecule has 1 rings (SSSR count). The fourth-order valence-electron chi connectivity index (χ4n) is 2.21. The summed E-state index contributed by atoms with van der Waals surface area (Å²) in [5.41, 5.74) is 6.08. The van der Waals surface area contributed by atoms with Gasteiger partial charge in [0.15, 0.2) is 0 Å².